The first-order chi connectivity index (χ1) is 9.02. The van der Waals surface area contributed by atoms with E-state index in [0.717, 1.165) is 25.9 Å². The summed E-state index contributed by atoms with van der Waals surface area (Å²) in [5.74, 6) is -1.03. The first-order valence-corrected chi connectivity index (χ1v) is 7.48. The number of carbonyl (C=O) groups is 1. The molecule has 4 nitrogen and oxygen atoms in total. The number of hydrogen-bond donors (Lipinski definition) is 2. The maximum atomic E-state index is 14.0. The van der Waals surface area contributed by atoms with Crippen LogP contribution in [0.5, 0.6) is 0 Å². The maximum Gasteiger partial charge on any atom is 0.250 e. The second-order valence-electron chi connectivity index (χ2n) is 4.68. The highest BCUT2D eigenvalue weighted by Crippen LogP contribution is 2.29. The number of halogens is 1. The molecule has 0 bridgehead atoms. The van der Waals surface area contributed by atoms with Crippen molar-refractivity contribution in [1.29, 1.82) is 0 Å². The van der Waals surface area contributed by atoms with Crippen LogP contribution in [0.1, 0.15) is 23.2 Å². The van der Waals surface area contributed by atoms with Gasteiger partial charge in [-0.25, -0.2) is 4.39 Å². The first-order valence-electron chi connectivity index (χ1n) is 6.19. The summed E-state index contributed by atoms with van der Waals surface area (Å²) in [7, 11) is 0. The van der Waals surface area contributed by atoms with Crippen LogP contribution >= 0.6 is 11.8 Å². The third-order valence-electron chi connectivity index (χ3n) is 3.50. The average molecular weight is 283 g/mol. The molecule has 0 saturated carbocycles. The number of thioether (sulfide) groups is 1. The second kappa shape index (κ2) is 5.69. The number of hydrogen-bond acceptors (Lipinski definition) is 4. The predicted molar refractivity (Wildman–Crippen MR) is 78.1 cm³/mol. The summed E-state index contributed by atoms with van der Waals surface area (Å²) in [5.41, 5.74) is 11.5. The van der Waals surface area contributed by atoms with E-state index >= 15 is 0 Å². The van der Waals surface area contributed by atoms with Gasteiger partial charge in [-0.1, -0.05) is 0 Å². The molecule has 4 N–H and O–H groups in total. The van der Waals surface area contributed by atoms with Gasteiger partial charge in [0.2, 0.25) is 0 Å². The second-order valence-corrected chi connectivity index (χ2v) is 5.82. The third kappa shape index (κ3) is 2.94. The minimum absolute atomic E-state index is 0.0905. The van der Waals surface area contributed by atoms with E-state index in [1.165, 1.54) is 12.1 Å². The summed E-state index contributed by atoms with van der Waals surface area (Å²) in [5, 5.41) is 0.628. The minimum atomic E-state index is -0.627. The Morgan fingerprint density at radius 3 is 2.58 bits per heavy atom. The number of amides is 1. The third-order valence-corrected chi connectivity index (χ3v) is 4.64. The van der Waals surface area contributed by atoms with Gasteiger partial charge in [-0.05, 0) is 31.2 Å². The number of nitrogens with zero attached hydrogens (tertiary/aromatic N) is 1. The molecule has 1 aliphatic rings. The molecule has 0 unspecified atom stereocenters. The number of nitrogen functional groups attached to an aromatic ring is 1. The van der Waals surface area contributed by atoms with Crippen LogP contribution in [0.2, 0.25) is 0 Å². The van der Waals surface area contributed by atoms with Gasteiger partial charge in [-0.2, -0.15) is 11.8 Å². The number of piperidine rings is 1. The molecule has 1 heterocycles. The highest BCUT2D eigenvalue weighted by molar-refractivity contribution is 7.99. The van der Waals surface area contributed by atoms with Crippen molar-refractivity contribution in [3.63, 3.8) is 0 Å². The van der Waals surface area contributed by atoms with Crippen molar-refractivity contribution >= 4 is 29.0 Å². The number of nitrogens with two attached hydrogens (primary N) is 2. The van der Waals surface area contributed by atoms with E-state index in [2.05, 4.69) is 6.26 Å². The molecule has 1 aromatic rings. The van der Waals surface area contributed by atoms with E-state index in [-0.39, 0.29) is 11.3 Å². The largest absolute Gasteiger partial charge is 0.398 e. The molecule has 1 amide bonds. The molecule has 1 saturated heterocycles. The fourth-order valence-corrected chi connectivity index (χ4v) is 3.05. The standard InChI is InChI=1S/C13H18FN3OS/c1-19-8-2-4-17(5-3-8)12-6-9(13(16)18)11(15)7-10(12)14/h6-8H,2-5,15H2,1H3,(H2,16,18). The van der Waals surface area contributed by atoms with Crippen LogP contribution in [-0.4, -0.2) is 30.5 Å². The summed E-state index contributed by atoms with van der Waals surface area (Å²) < 4.78 is 14.0. The van der Waals surface area contributed by atoms with E-state index in [0.29, 0.717) is 10.9 Å². The quantitative estimate of drug-likeness (QED) is 0.830. The first kappa shape index (κ1) is 14.0. The number of benzene rings is 1. The molecule has 0 atom stereocenters. The van der Waals surface area contributed by atoms with Gasteiger partial charge in [-0.3, -0.25) is 4.79 Å². The Morgan fingerprint density at radius 1 is 1.42 bits per heavy atom. The van der Waals surface area contributed by atoms with Gasteiger partial charge < -0.3 is 16.4 Å². The molecule has 0 aliphatic carbocycles. The van der Waals surface area contributed by atoms with E-state index in [9.17, 15) is 9.18 Å². The summed E-state index contributed by atoms with van der Waals surface area (Å²) in [4.78, 5) is 13.2. The predicted octanol–water partition coefficient (Wildman–Crippen LogP) is 1.84. The maximum absolute atomic E-state index is 14.0. The molecule has 0 radical (unpaired) electrons. The van der Waals surface area contributed by atoms with Crippen molar-refractivity contribution in [3.05, 3.63) is 23.5 Å². The Balaban J connectivity index is 2.25. The van der Waals surface area contributed by atoms with Crippen molar-refractivity contribution in [2.75, 3.05) is 30.0 Å². The Kier molecular flexibility index (Phi) is 4.19. The van der Waals surface area contributed by atoms with Gasteiger partial charge in [0.05, 0.1) is 11.3 Å². The summed E-state index contributed by atoms with van der Waals surface area (Å²) in [6.45, 7) is 1.56. The fraction of sp³-hybridized carbons (Fsp3) is 0.462. The molecule has 6 heteroatoms. The zero-order chi connectivity index (χ0) is 14.0. The Bertz CT molecular complexity index is 487. The molecule has 1 fully saturated rings. The molecular weight excluding hydrogens is 265 g/mol. The van der Waals surface area contributed by atoms with Crippen LogP contribution in [0, 0.1) is 5.82 Å². The van der Waals surface area contributed by atoms with E-state index in [4.69, 9.17) is 11.5 Å². The van der Waals surface area contributed by atoms with Crippen molar-refractivity contribution in [1.82, 2.24) is 0 Å². The molecule has 1 aliphatic heterocycles. The monoisotopic (exact) mass is 283 g/mol. The van der Waals surface area contributed by atoms with Crippen molar-refractivity contribution in [3.8, 4) is 0 Å². The number of anilines is 2. The van der Waals surface area contributed by atoms with Gasteiger partial charge in [-0.15, -0.1) is 0 Å². The highest BCUT2D eigenvalue weighted by Gasteiger charge is 2.22. The van der Waals surface area contributed by atoms with E-state index < -0.39 is 11.7 Å². The van der Waals surface area contributed by atoms with Crippen LogP contribution in [-0.2, 0) is 0 Å². The number of carbonyl (C=O) groups excluding carboxylic acids is 1. The van der Waals surface area contributed by atoms with Crippen LogP contribution < -0.4 is 16.4 Å². The lowest BCUT2D eigenvalue weighted by Gasteiger charge is -2.33. The van der Waals surface area contributed by atoms with Crippen LogP contribution in [0.25, 0.3) is 0 Å². The number of rotatable bonds is 3. The zero-order valence-electron chi connectivity index (χ0n) is 10.9. The highest BCUT2D eigenvalue weighted by atomic mass is 32.2. The molecule has 2 rings (SSSR count). The summed E-state index contributed by atoms with van der Waals surface area (Å²) in [6.07, 6.45) is 4.11. The number of primary amides is 1. The summed E-state index contributed by atoms with van der Waals surface area (Å²) >= 11 is 1.84. The Hall–Kier alpha value is -1.43. The van der Waals surface area contributed by atoms with Crippen molar-refractivity contribution < 1.29 is 9.18 Å². The van der Waals surface area contributed by atoms with E-state index in [1.54, 1.807) is 0 Å². The SMILES string of the molecule is CSC1CCN(c2cc(C(N)=O)c(N)cc2F)CC1. The Morgan fingerprint density at radius 2 is 2.05 bits per heavy atom. The molecule has 0 spiro atoms. The van der Waals surface area contributed by atoms with Crippen LogP contribution in [0.4, 0.5) is 15.8 Å². The molecular formula is C13H18FN3OS. The van der Waals surface area contributed by atoms with E-state index in [1.807, 2.05) is 16.7 Å². The van der Waals surface area contributed by atoms with Gasteiger partial charge in [0, 0.05) is 24.0 Å². The van der Waals surface area contributed by atoms with Gasteiger partial charge >= 0.3 is 0 Å². The molecule has 0 aromatic heterocycles. The van der Waals surface area contributed by atoms with Gasteiger partial charge in [0.1, 0.15) is 5.82 Å². The van der Waals surface area contributed by atoms with Crippen LogP contribution in [0.15, 0.2) is 12.1 Å². The van der Waals surface area contributed by atoms with Gasteiger partial charge in [0.25, 0.3) is 5.91 Å². The normalized spacial score (nSPS) is 16.6. The lowest BCUT2D eigenvalue weighted by molar-refractivity contribution is 0.100. The molecule has 104 valence electrons. The molecule has 1 aromatic carbocycles. The fourth-order valence-electron chi connectivity index (χ4n) is 2.37. The lowest BCUT2D eigenvalue weighted by atomic mass is 10.1. The minimum Gasteiger partial charge on any atom is -0.398 e. The Labute approximate surface area is 116 Å². The topological polar surface area (TPSA) is 72.3 Å². The van der Waals surface area contributed by atoms with Gasteiger partial charge in [0.15, 0.2) is 0 Å². The zero-order valence-corrected chi connectivity index (χ0v) is 11.7. The van der Waals surface area contributed by atoms with Crippen LogP contribution in [0.3, 0.4) is 0 Å². The van der Waals surface area contributed by atoms with Crippen molar-refractivity contribution in [2.24, 2.45) is 5.73 Å². The smallest absolute Gasteiger partial charge is 0.250 e. The lowest BCUT2D eigenvalue weighted by Crippen LogP contribution is -2.35. The van der Waals surface area contributed by atoms with Crippen molar-refractivity contribution in [2.45, 2.75) is 18.1 Å². The molecule has 19 heavy (non-hydrogen) atoms. The summed E-state index contributed by atoms with van der Waals surface area (Å²) in [6, 6.07) is 2.64. The average Bonchev–Trinajstić information content (AvgIpc) is 2.38.